The quantitative estimate of drug-likeness (QED) is 0.639. The van der Waals surface area contributed by atoms with Gasteiger partial charge in [0.25, 0.3) is 10.1 Å². The number of hydrogen-bond acceptors (Lipinski definition) is 2. The molecule has 0 aromatic heterocycles. The molecule has 0 aliphatic heterocycles. The molecule has 0 spiro atoms. The summed E-state index contributed by atoms with van der Waals surface area (Å²) in [7, 11) is -4.00. The lowest BCUT2D eigenvalue weighted by Crippen LogP contribution is -1.96. The van der Waals surface area contributed by atoms with Crippen LogP contribution in [0.5, 0.6) is 0 Å². The summed E-state index contributed by atoms with van der Waals surface area (Å²) in [5.74, 6) is 0. The predicted octanol–water partition coefficient (Wildman–Crippen LogP) is 0.815. The van der Waals surface area contributed by atoms with Crippen molar-refractivity contribution in [1.82, 2.24) is 0 Å². The van der Waals surface area contributed by atoms with Crippen molar-refractivity contribution in [3.63, 3.8) is 0 Å². The Bertz CT molecular complexity index is 303. The van der Waals surface area contributed by atoms with E-state index in [-0.39, 0.29) is 10.4 Å². The molecule has 1 N–H and O–H groups in total. The monoisotopic (exact) mass is 174 g/mol. The van der Waals surface area contributed by atoms with E-state index in [9.17, 15) is 8.42 Å². The van der Waals surface area contributed by atoms with Crippen LogP contribution < -0.4 is 0 Å². The molecule has 0 aliphatic rings. The van der Waals surface area contributed by atoms with E-state index in [0.29, 0.717) is 0 Å². The Kier molecular flexibility index (Phi) is 3.18. The zero-order valence-electron chi connectivity index (χ0n) is 5.47. The van der Waals surface area contributed by atoms with Gasteiger partial charge in [0.05, 0.1) is 4.90 Å². The fraction of sp³-hybridized carbons (Fsp3) is 0. The van der Waals surface area contributed by atoms with Crippen LogP contribution in [-0.4, -0.2) is 13.0 Å². The summed E-state index contributed by atoms with van der Waals surface area (Å²) in [6, 6.07) is 7.42. The van der Waals surface area contributed by atoms with Gasteiger partial charge in [0, 0.05) is 5.48 Å². The molecule has 1 rings (SSSR count). The van der Waals surface area contributed by atoms with E-state index in [4.69, 9.17) is 4.55 Å². The van der Waals surface area contributed by atoms with Gasteiger partial charge < -0.3 is 0 Å². The van der Waals surface area contributed by atoms with Crippen LogP contribution >= 0.6 is 0 Å². The van der Waals surface area contributed by atoms with Crippen LogP contribution in [0.15, 0.2) is 35.2 Å². The minimum absolute atomic E-state index is 0. The maximum absolute atomic E-state index is 10.4. The van der Waals surface area contributed by atoms with E-state index in [1.165, 1.54) is 12.1 Å². The van der Waals surface area contributed by atoms with E-state index < -0.39 is 10.1 Å². The molecule has 5 heteroatoms. The molecule has 2 radical (unpaired) electrons. The Hall–Kier alpha value is -0.910. The molecule has 0 unspecified atom stereocenters. The van der Waals surface area contributed by atoms with Crippen molar-refractivity contribution in [1.29, 1.82) is 0 Å². The Morgan fingerprint density at radius 3 is 1.82 bits per heavy atom. The third-order valence-electron chi connectivity index (χ3n) is 1.04. The van der Waals surface area contributed by atoms with Crippen LogP contribution in [0.2, 0.25) is 0 Å². The molecular formula is C6H6O4S. The first-order valence-corrected chi connectivity index (χ1v) is 4.07. The predicted molar refractivity (Wildman–Crippen MR) is 36.9 cm³/mol. The molecule has 1 aromatic carbocycles. The second-order valence-electron chi connectivity index (χ2n) is 1.79. The summed E-state index contributed by atoms with van der Waals surface area (Å²) in [6.07, 6.45) is 0. The summed E-state index contributed by atoms with van der Waals surface area (Å²) >= 11 is 0. The van der Waals surface area contributed by atoms with Gasteiger partial charge in [0.2, 0.25) is 0 Å². The molecule has 0 aliphatic carbocycles. The highest BCUT2D eigenvalue weighted by atomic mass is 32.2. The molecule has 0 fully saturated rings. The van der Waals surface area contributed by atoms with E-state index in [2.05, 4.69) is 0 Å². The highest BCUT2D eigenvalue weighted by Crippen LogP contribution is 2.05. The maximum atomic E-state index is 10.4. The first kappa shape index (κ1) is 10.1. The summed E-state index contributed by atoms with van der Waals surface area (Å²) in [5.41, 5.74) is 0. The van der Waals surface area contributed by atoms with Gasteiger partial charge in [-0.15, -0.1) is 0 Å². The van der Waals surface area contributed by atoms with Gasteiger partial charge in [-0.3, -0.25) is 4.55 Å². The lowest BCUT2D eigenvalue weighted by molar-refractivity contribution is 0.483. The SMILES string of the molecule is O=S(=O)(O)c1ccccc1.[O]. The second kappa shape index (κ2) is 3.47. The van der Waals surface area contributed by atoms with Gasteiger partial charge >= 0.3 is 0 Å². The summed E-state index contributed by atoms with van der Waals surface area (Å²) in [4.78, 5) is -0.0741. The van der Waals surface area contributed by atoms with E-state index in [1.54, 1.807) is 18.2 Å². The van der Waals surface area contributed by atoms with Gasteiger partial charge in [0.15, 0.2) is 0 Å². The zero-order valence-corrected chi connectivity index (χ0v) is 6.28. The highest BCUT2D eigenvalue weighted by Gasteiger charge is 2.05. The van der Waals surface area contributed by atoms with E-state index in [1.807, 2.05) is 0 Å². The average Bonchev–Trinajstić information content (AvgIpc) is 1.88. The average molecular weight is 174 g/mol. The summed E-state index contributed by atoms with van der Waals surface area (Å²) in [6.45, 7) is 0. The molecule has 0 atom stereocenters. The van der Waals surface area contributed by atoms with Gasteiger partial charge in [0.1, 0.15) is 0 Å². The molecule has 0 bridgehead atoms. The molecule has 4 nitrogen and oxygen atoms in total. The van der Waals surface area contributed by atoms with Crippen molar-refractivity contribution in [3.05, 3.63) is 30.3 Å². The molecule has 0 saturated heterocycles. The van der Waals surface area contributed by atoms with Crippen LogP contribution in [0.3, 0.4) is 0 Å². The first-order chi connectivity index (χ1) is 4.61. The zero-order chi connectivity index (χ0) is 7.61. The Labute approximate surface area is 64.5 Å². The lowest BCUT2D eigenvalue weighted by Gasteiger charge is -1.92. The van der Waals surface area contributed by atoms with Crippen LogP contribution in [0, 0.1) is 0 Å². The van der Waals surface area contributed by atoms with Crippen LogP contribution in [0.4, 0.5) is 0 Å². The van der Waals surface area contributed by atoms with Crippen LogP contribution in [0.1, 0.15) is 0 Å². The molecule has 0 amide bonds. The van der Waals surface area contributed by atoms with Gasteiger partial charge in [-0.1, -0.05) is 18.2 Å². The fourth-order valence-corrected chi connectivity index (χ4v) is 1.09. The Morgan fingerprint density at radius 2 is 1.55 bits per heavy atom. The normalized spacial score (nSPS) is 10.3. The highest BCUT2D eigenvalue weighted by molar-refractivity contribution is 7.85. The van der Waals surface area contributed by atoms with E-state index in [0.717, 1.165) is 0 Å². The smallest absolute Gasteiger partial charge is 0.282 e. The standard InChI is InChI=1S/C6H6O3S.O/c7-10(8,9)6-4-2-1-3-5-6;/h1-5H,(H,7,8,9);. The Balaban J connectivity index is 0.000001000. The largest absolute Gasteiger partial charge is 0.294 e. The van der Waals surface area contributed by atoms with Gasteiger partial charge in [-0.2, -0.15) is 8.42 Å². The number of hydrogen-bond donors (Lipinski definition) is 1. The van der Waals surface area contributed by atoms with Crippen molar-refractivity contribution < 1.29 is 18.4 Å². The summed E-state index contributed by atoms with van der Waals surface area (Å²) in [5, 5.41) is 0. The maximum Gasteiger partial charge on any atom is 0.294 e. The van der Waals surface area contributed by atoms with Crippen molar-refractivity contribution in [2.24, 2.45) is 0 Å². The fourth-order valence-electron chi connectivity index (χ4n) is 0.592. The van der Waals surface area contributed by atoms with Crippen molar-refractivity contribution in [2.45, 2.75) is 4.90 Å². The van der Waals surface area contributed by atoms with Crippen LogP contribution in [-0.2, 0) is 15.6 Å². The lowest BCUT2D eigenvalue weighted by atomic mass is 10.4. The Morgan fingerprint density at radius 1 is 1.09 bits per heavy atom. The van der Waals surface area contributed by atoms with Gasteiger partial charge in [-0.05, 0) is 12.1 Å². The third kappa shape index (κ3) is 2.67. The third-order valence-corrected chi connectivity index (χ3v) is 1.91. The second-order valence-corrected chi connectivity index (χ2v) is 3.21. The summed E-state index contributed by atoms with van der Waals surface area (Å²) < 4.78 is 29.2. The molecule has 0 heterocycles. The molecule has 60 valence electrons. The van der Waals surface area contributed by atoms with E-state index >= 15 is 0 Å². The first-order valence-electron chi connectivity index (χ1n) is 2.63. The minimum atomic E-state index is -4.00. The van der Waals surface area contributed by atoms with Crippen LogP contribution in [0.25, 0.3) is 0 Å². The molecular weight excluding hydrogens is 168 g/mol. The van der Waals surface area contributed by atoms with Gasteiger partial charge in [-0.25, -0.2) is 0 Å². The van der Waals surface area contributed by atoms with Crippen molar-refractivity contribution >= 4 is 10.1 Å². The molecule has 0 saturated carbocycles. The molecule has 1 aromatic rings. The molecule has 11 heavy (non-hydrogen) atoms. The number of rotatable bonds is 1. The minimum Gasteiger partial charge on any atom is -0.282 e. The topological polar surface area (TPSA) is 82.9 Å². The van der Waals surface area contributed by atoms with Crippen molar-refractivity contribution in [3.8, 4) is 0 Å². The van der Waals surface area contributed by atoms with Crippen molar-refractivity contribution in [2.75, 3.05) is 0 Å². The number of benzene rings is 1.